The molecule has 0 unspecified atom stereocenters. The second kappa shape index (κ2) is 6.77. The van der Waals surface area contributed by atoms with Gasteiger partial charge in [0.05, 0.1) is 12.6 Å². The van der Waals surface area contributed by atoms with Crippen LogP contribution in [-0.4, -0.2) is 24.7 Å². The first-order valence-electron chi connectivity index (χ1n) is 8.50. The second-order valence-electron chi connectivity index (χ2n) is 7.00. The van der Waals surface area contributed by atoms with Gasteiger partial charge in [0.25, 0.3) is 0 Å². The molecule has 126 valence electrons. The molecule has 1 heterocycles. The van der Waals surface area contributed by atoms with Crippen LogP contribution in [0.3, 0.4) is 0 Å². The largest absolute Gasteiger partial charge is 0.467 e. The van der Waals surface area contributed by atoms with Crippen LogP contribution in [0.1, 0.15) is 58.1 Å². The Kier molecular flexibility index (Phi) is 5.18. The van der Waals surface area contributed by atoms with E-state index in [0.717, 1.165) is 19.3 Å². The highest BCUT2D eigenvalue weighted by molar-refractivity contribution is 5.88. The van der Waals surface area contributed by atoms with Gasteiger partial charge in [-0.05, 0) is 45.3 Å². The number of hydrogen-bond donors (Lipinski definition) is 0. The van der Waals surface area contributed by atoms with Crippen molar-refractivity contribution in [1.82, 2.24) is 0 Å². The molecule has 3 nitrogen and oxygen atoms in total. The summed E-state index contributed by atoms with van der Waals surface area (Å²) in [6, 6.07) is 6.10. The summed E-state index contributed by atoms with van der Waals surface area (Å²) in [7, 11) is 1.48. The Balaban J connectivity index is 2.60. The fourth-order valence-electron chi connectivity index (χ4n) is 3.71. The summed E-state index contributed by atoms with van der Waals surface area (Å²) in [5, 5.41) is 0. The van der Waals surface area contributed by atoms with Crippen molar-refractivity contribution < 1.29 is 9.53 Å². The summed E-state index contributed by atoms with van der Waals surface area (Å²) in [6.45, 7) is 10.8. The van der Waals surface area contributed by atoms with Crippen LogP contribution in [0.5, 0.6) is 0 Å². The molecule has 0 N–H and O–H groups in total. The lowest BCUT2D eigenvalue weighted by atomic mass is 9.85. The molecule has 1 aromatic carbocycles. The fraction of sp³-hybridized carbons (Fsp3) is 0.550. The molecule has 2 rings (SSSR count). The minimum absolute atomic E-state index is 0.145. The second-order valence-corrected chi connectivity index (χ2v) is 7.00. The Morgan fingerprint density at radius 1 is 1.30 bits per heavy atom. The lowest BCUT2D eigenvalue weighted by molar-refractivity contribution is -0.142. The predicted octanol–water partition coefficient (Wildman–Crippen LogP) is 4.73. The van der Waals surface area contributed by atoms with E-state index >= 15 is 0 Å². The summed E-state index contributed by atoms with van der Waals surface area (Å²) in [5.74, 6) is -0.145. The fourth-order valence-corrected chi connectivity index (χ4v) is 3.71. The topological polar surface area (TPSA) is 29.5 Å². The van der Waals surface area contributed by atoms with Crippen LogP contribution in [0.2, 0.25) is 0 Å². The van der Waals surface area contributed by atoms with E-state index in [9.17, 15) is 4.79 Å². The van der Waals surface area contributed by atoms with Crippen LogP contribution >= 0.6 is 0 Å². The zero-order valence-electron chi connectivity index (χ0n) is 15.3. The summed E-state index contributed by atoms with van der Waals surface area (Å²) < 4.78 is 5.14. The van der Waals surface area contributed by atoms with E-state index < -0.39 is 0 Å². The third-order valence-corrected chi connectivity index (χ3v) is 4.71. The summed E-state index contributed by atoms with van der Waals surface area (Å²) in [5.41, 5.74) is 4.63. The van der Waals surface area contributed by atoms with Crippen LogP contribution in [0.25, 0.3) is 5.57 Å². The number of ether oxygens (including phenoxy) is 1. The maximum Gasteiger partial charge on any atom is 0.328 e. The van der Waals surface area contributed by atoms with Gasteiger partial charge in [0, 0.05) is 11.3 Å². The molecule has 3 heteroatoms. The average molecular weight is 315 g/mol. The van der Waals surface area contributed by atoms with Gasteiger partial charge in [-0.2, -0.15) is 0 Å². The number of rotatable bonds is 5. The summed E-state index contributed by atoms with van der Waals surface area (Å²) in [6.07, 6.45) is 5.15. The van der Waals surface area contributed by atoms with E-state index in [2.05, 4.69) is 63.8 Å². The minimum Gasteiger partial charge on any atom is -0.467 e. The summed E-state index contributed by atoms with van der Waals surface area (Å²) >= 11 is 0. The maximum absolute atomic E-state index is 12.5. The number of allylic oxidation sites excluding steroid dienone is 1. The number of carbonyl (C=O) groups excluding carboxylic acids is 1. The van der Waals surface area contributed by atoms with Crippen molar-refractivity contribution in [3.63, 3.8) is 0 Å². The third kappa shape index (κ3) is 3.29. The van der Waals surface area contributed by atoms with Crippen LogP contribution < -0.4 is 4.90 Å². The van der Waals surface area contributed by atoms with E-state index in [1.807, 2.05) is 0 Å². The Bertz CT molecular complexity index is 616. The first-order valence-corrected chi connectivity index (χ1v) is 8.50. The molecule has 0 bridgehead atoms. The molecule has 0 aromatic heterocycles. The van der Waals surface area contributed by atoms with Gasteiger partial charge in [0.1, 0.15) is 6.04 Å². The monoisotopic (exact) mass is 315 g/mol. The Morgan fingerprint density at radius 3 is 2.61 bits per heavy atom. The molecule has 0 spiro atoms. The van der Waals surface area contributed by atoms with Crippen LogP contribution in [-0.2, 0) is 9.53 Å². The number of aryl methyl sites for hydroxylation is 1. The maximum atomic E-state index is 12.5. The van der Waals surface area contributed by atoms with Crippen molar-refractivity contribution >= 4 is 17.2 Å². The molecule has 0 saturated heterocycles. The Labute approximate surface area is 140 Å². The SMILES string of the molecule is CCCC[C@H](C(=O)OC)N1c2c(C)cccc2C(C)=CC1(C)C. The van der Waals surface area contributed by atoms with Crippen LogP contribution in [0, 0.1) is 6.92 Å². The highest BCUT2D eigenvalue weighted by atomic mass is 16.5. The van der Waals surface area contributed by atoms with Gasteiger partial charge in [-0.1, -0.05) is 44.0 Å². The van der Waals surface area contributed by atoms with Crippen LogP contribution in [0.4, 0.5) is 5.69 Å². The number of benzene rings is 1. The van der Waals surface area contributed by atoms with Crippen molar-refractivity contribution in [2.75, 3.05) is 12.0 Å². The molecule has 0 amide bonds. The van der Waals surface area contributed by atoms with E-state index in [1.165, 1.54) is 29.5 Å². The van der Waals surface area contributed by atoms with Gasteiger partial charge >= 0.3 is 5.97 Å². The van der Waals surface area contributed by atoms with E-state index in [0.29, 0.717) is 0 Å². The van der Waals surface area contributed by atoms with Gasteiger partial charge < -0.3 is 9.64 Å². The van der Waals surface area contributed by atoms with Gasteiger partial charge in [-0.3, -0.25) is 0 Å². The lowest BCUT2D eigenvalue weighted by Gasteiger charge is -2.47. The molecule has 23 heavy (non-hydrogen) atoms. The third-order valence-electron chi connectivity index (χ3n) is 4.71. The lowest BCUT2D eigenvalue weighted by Crippen LogP contribution is -2.54. The van der Waals surface area contributed by atoms with E-state index in [1.54, 1.807) is 0 Å². The number of carbonyl (C=O) groups is 1. The highest BCUT2D eigenvalue weighted by Gasteiger charge is 2.40. The van der Waals surface area contributed by atoms with E-state index in [4.69, 9.17) is 4.74 Å². The minimum atomic E-state index is -0.251. The number of nitrogens with zero attached hydrogens (tertiary/aromatic N) is 1. The highest BCUT2D eigenvalue weighted by Crippen LogP contribution is 2.42. The number of hydrogen-bond acceptors (Lipinski definition) is 3. The van der Waals surface area contributed by atoms with Gasteiger partial charge in [0.15, 0.2) is 0 Å². The van der Waals surface area contributed by atoms with Gasteiger partial charge in [-0.25, -0.2) is 4.79 Å². The average Bonchev–Trinajstić information content (AvgIpc) is 2.49. The number of methoxy groups -OCH3 is 1. The number of unbranched alkanes of at least 4 members (excludes halogenated alkanes) is 1. The molecular weight excluding hydrogens is 286 g/mol. The molecular formula is C20H29NO2. The Morgan fingerprint density at radius 2 is 2.00 bits per heavy atom. The van der Waals surface area contributed by atoms with Gasteiger partial charge in [0.2, 0.25) is 0 Å². The Hall–Kier alpha value is -1.77. The molecule has 0 saturated carbocycles. The van der Waals surface area contributed by atoms with Crippen molar-refractivity contribution in [2.45, 2.75) is 65.5 Å². The molecule has 1 aliphatic heterocycles. The summed E-state index contributed by atoms with van der Waals surface area (Å²) in [4.78, 5) is 14.8. The molecule has 0 fully saturated rings. The zero-order valence-corrected chi connectivity index (χ0v) is 15.3. The molecule has 1 atom stereocenters. The smallest absolute Gasteiger partial charge is 0.328 e. The first kappa shape index (κ1) is 17.6. The van der Waals surface area contributed by atoms with Crippen molar-refractivity contribution in [3.8, 4) is 0 Å². The number of anilines is 1. The predicted molar refractivity (Wildman–Crippen MR) is 96.7 cm³/mol. The van der Waals surface area contributed by atoms with E-state index in [-0.39, 0.29) is 17.6 Å². The number of fused-ring (bicyclic) bond motifs is 1. The van der Waals surface area contributed by atoms with Crippen molar-refractivity contribution in [1.29, 1.82) is 0 Å². The normalized spacial score (nSPS) is 17.3. The molecule has 1 aromatic rings. The van der Waals surface area contributed by atoms with Crippen LogP contribution in [0.15, 0.2) is 24.3 Å². The quantitative estimate of drug-likeness (QED) is 0.736. The first-order chi connectivity index (χ1) is 10.8. The molecule has 0 aliphatic carbocycles. The van der Waals surface area contributed by atoms with Crippen molar-refractivity contribution in [2.24, 2.45) is 0 Å². The zero-order chi connectivity index (χ0) is 17.2. The van der Waals surface area contributed by atoms with Crippen molar-refractivity contribution in [3.05, 3.63) is 35.4 Å². The number of para-hydroxylation sites is 1. The molecule has 1 aliphatic rings. The standard InChI is InChI=1S/C20H29NO2/c1-7-8-12-17(19(22)23-6)21-18-14(2)10-9-11-16(18)15(3)13-20(21,4)5/h9-11,13,17H,7-8,12H2,1-6H3/t17-/m1/s1. The number of esters is 1. The van der Waals surface area contributed by atoms with Gasteiger partial charge in [-0.15, -0.1) is 0 Å². The molecule has 0 radical (unpaired) electrons.